The van der Waals surface area contributed by atoms with Crippen molar-refractivity contribution >= 4 is 47.3 Å². The summed E-state index contributed by atoms with van der Waals surface area (Å²) < 4.78 is 52.7. The Bertz CT molecular complexity index is 2380. The third-order valence-electron chi connectivity index (χ3n) is 8.67. The standard InChI is InChI=1S/C12H12FN3O2.C11H10FN3O2.C7H5BrFNO2.C6H14O2.C5H9BN2.CH4O.Na.H2O/c1-7-5-15-16(2)11(7)8-6-14-10(4-9(8)13)12(17)18-3;1-6-4-14-15(2)10(6)7-5-13-9(11(16)17)3-8(7)12;1-12-7(11)6-2-5(9)4(8)3-10-6;1-5(2,7)6(3,4)8;1-4(3-7)5(6)8-2;1-2;;/h4-6H,1-3H3;3-5H,1-2H3,(H,16,17);2-3H,1H3;7-8H,1-4H3;3H,7H2,1-2H3;2H,1H3;;1H2/q;;;;;;+1;/p-1. The first-order chi connectivity index (χ1) is 30.2. The number of pyridine rings is 3. The van der Waals surface area contributed by atoms with Gasteiger partial charge in [-0.05, 0) is 92.9 Å². The Morgan fingerprint density at radius 2 is 1.10 bits per heavy atom. The van der Waals surface area contributed by atoms with Gasteiger partial charge in [0, 0.05) is 65.0 Å². The molecule has 25 heteroatoms. The molecule has 5 heterocycles. The van der Waals surface area contributed by atoms with E-state index >= 15 is 0 Å². The van der Waals surface area contributed by atoms with Gasteiger partial charge in [-0.3, -0.25) is 9.36 Å². The number of carbonyl (C=O) groups is 3. The molecule has 5 rings (SSSR count). The first-order valence-electron chi connectivity index (χ1n) is 18.7. The van der Waals surface area contributed by atoms with E-state index in [9.17, 15) is 27.6 Å². The maximum absolute atomic E-state index is 14.0. The van der Waals surface area contributed by atoms with E-state index < -0.39 is 46.6 Å². The molecule has 0 aliphatic heterocycles. The molecule has 0 saturated heterocycles. The molecule has 19 nitrogen and oxygen atoms in total. The smallest absolute Gasteiger partial charge is 0.870 e. The number of aryl methyl sites for hydroxylation is 4. The number of carboxylic acid groups (broad SMARTS) is 1. The first-order valence-corrected chi connectivity index (χ1v) is 19.5. The summed E-state index contributed by atoms with van der Waals surface area (Å²) in [4.78, 5) is 47.6. The molecule has 67 heavy (non-hydrogen) atoms. The zero-order valence-electron chi connectivity index (χ0n) is 39.7. The molecule has 2 radical (unpaired) electrons. The monoisotopic (exact) mass is 1020 g/mol. The Hall–Kier alpha value is -5.34. The molecule has 0 atom stereocenters. The van der Waals surface area contributed by atoms with Gasteiger partial charge in [0.25, 0.3) is 0 Å². The van der Waals surface area contributed by atoms with E-state index in [1.165, 1.54) is 43.7 Å². The number of aliphatic hydroxyl groups excluding tert-OH is 1. The molecule has 0 amide bonds. The van der Waals surface area contributed by atoms with Gasteiger partial charge >= 0.3 is 47.5 Å². The summed E-state index contributed by atoms with van der Waals surface area (Å²) in [5.74, 6) is -4.26. The third kappa shape index (κ3) is 20.6. The van der Waals surface area contributed by atoms with Crippen molar-refractivity contribution in [2.45, 2.75) is 59.7 Å². The molecule has 360 valence electrons. The second-order valence-corrected chi connectivity index (χ2v) is 14.9. The molecule has 0 spiro atoms. The first kappa shape index (κ1) is 65.9. The van der Waals surface area contributed by atoms with E-state index in [1.807, 2.05) is 13.8 Å². The Morgan fingerprint density at radius 1 is 0.761 bits per heavy atom. The van der Waals surface area contributed by atoms with Crippen molar-refractivity contribution < 1.29 is 92.5 Å². The number of carboxylic acids is 1. The van der Waals surface area contributed by atoms with Crippen LogP contribution in [0.4, 0.5) is 13.2 Å². The number of esters is 2. The summed E-state index contributed by atoms with van der Waals surface area (Å²) >= 11 is 2.91. The van der Waals surface area contributed by atoms with E-state index in [1.54, 1.807) is 72.8 Å². The molecule has 0 aromatic carbocycles. The number of methoxy groups -OCH3 is 2. The van der Waals surface area contributed by atoms with Gasteiger partial charge in [0.15, 0.2) is 17.1 Å². The van der Waals surface area contributed by atoms with Crippen LogP contribution in [0.3, 0.4) is 0 Å². The van der Waals surface area contributed by atoms with E-state index in [0.717, 1.165) is 42.0 Å². The normalized spacial score (nSPS) is 10.7. The van der Waals surface area contributed by atoms with E-state index in [4.69, 9.17) is 34.0 Å². The number of hydrogen-bond acceptors (Lipinski definition) is 16. The molecule has 5 aromatic rings. The van der Waals surface area contributed by atoms with Crippen molar-refractivity contribution in [2.75, 3.05) is 28.4 Å². The van der Waals surface area contributed by atoms with Gasteiger partial charge in [-0.2, -0.15) is 10.2 Å². The van der Waals surface area contributed by atoms with Gasteiger partial charge in [-0.1, -0.05) is 0 Å². The Labute approximate surface area is 418 Å². The fourth-order valence-corrected chi connectivity index (χ4v) is 4.52. The average molecular weight is 1020 g/mol. The SMILES string of the molecule is CC(C)(O)C(C)(C)O.CO.COC(=O)c1cc(F)c(-c2c(C)cnn2C)cn1.COC(=O)c1cc(F)c(Br)cn1.Cc1cnn(C)c1-c1cnc(C(=O)O)cc1F.[B]C(=NC)C(C)=CN.[Na+].[OH-]. The molecule has 0 unspecified atom stereocenters. The quantitative estimate of drug-likeness (QED) is 0.0887. The number of hydrogen-bond donors (Lipinski definition) is 5. The molecular weight excluding hydrogens is 961 g/mol. The minimum atomic E-state index is -1.25. The van der Waals surface area contributed by atoms with E-state index in [0.29, 0.717) is 22.6 Å². The fraction of sp³-hybridized carbons (Fsp3) is 0.357. The van der Waals surface area contributed by atoms with Crippen LogP contribution < -0.4 is 35.3 Å². The molecule has 5 aromatic heterocycles. The van der Waals surface area contributed by atoms with Crippen LogP contribution in [0.25, 0.3) is 22.5 Å². The number of aromatic carboxylic acids is 1. The number of allylic oxidation sites excluding steroid dienone is 1. The number of halogens is 4. The van der Waals surface area contributed by atoms with Crippen molar-refractivity contribution in [1.29, 1.82) is 0 Å². The van der Waals surface area contributed by atoms with Crippen LogP contribution in [0.2, 0.25) is 0 Å². The van der Waals surface area contributed by atoms with Crippen LogP contribution in [0.1, 0.15) is 77.2 Å². The van der Waals surface area contributed by atoms with Crippen molar-refractivity contribution in [2.24, 2.45) is 24.8 Å². The van der Waals surface area contributed by atoms with E-state index in [-0.39, 0.29) is 62.2 Å². The largest absolute Gasteiger partial charge is 1.00 e. The maximum Gasteiger partial charge on any atom is 1.00 e. The molecule has 0 aliphatic carbocycles. The minimum absolute atomic E-state index is 0. The third-order valence-corrected chi connectivity index (χ3v) is 9.25. The summed E-state index contributed by atoms with van der Waals surface area (Å²) in [6.45, 7) is 11.7. The van der Waals surface area contributed by atoms with E-state index in [2.05, 4.69) is 55.5 Å². The summed E-state index contributed by atoms with van der Waals surface area (Å²) in [6.07, 6.45) is 8.42. The van der Waals surface area contributed by atoms with Crippen molar-refractivity contribution in [3.63, 3.8) is 0 Å². The zero-order valence-corrected chi connectivity index (χ0v) is 43.3. The zero-order chi connectivity index (χ0) is 50.6. The summed E-state index contributed by atoms with van der Waals surface area (Å²) in [5, 5.41) is 41.9. The van der Waals surface area contributed by atoms with Gasteiger partial charge in [0.1, 0.15) is 25.3 Å². The van der Waals surface area contributed by atoms with Gasteiger partial charge in [0.05, 0.1) is 64.8 Å². The van der Waals surface area contributed by atoms with Crippen LogP contribution in [-0.2, 0) is 23.6 Å². The van der Waals surface area contributed by atoms with Crippen LogP contribution in [0.5, 0.6) is 0 Å². The summed E-state index contributed by atoms with van der Waals surface area (Å²) in [6, 6.07) is 2.98. The predicted molar refractivity (Wildman–Crippen MR) is 244 cm³/mol. The molecular formula is C42H55BBrF3N9NaO10. The number of carbonyl (C=O) groups excluding carboxylic acids is 2. The van der Waals surface area contributed by atoms with Gasteiger partial charge in [-0.25, -0.2) is 42.5 Å². The number of aliphatic hydroxyl groups is 3. The minimum Gasteiger partial charge on any atom is -0.870 e. The van der Waals surface area contributed by atoms with Crippen molar-refractivity contribution in [1.82, 2.24) is 34.5 Å². The number of aliphatic imine (C=N–C) groups is 1. The second-order valence-electron chi connectivity index (χ2n) is 14.0. The maximum atomic E-state index is 14.0. The van der Waals surface area contributed by atoms with Crippen molar-refractivity contribution in [3.8, 4) is 22.5 Å². The molecule has 0 aliphatic rings. The van der Waals surface area contributed by atoms with Crippen LogP contribution in [0.15, 0.2) is 70.4 Å². The van der Waals surface area contributed by atoms with Crippen LogP contribution in [-0.4, -0.2) is 131 Å². The number of ether oxygens (including phenoxy) is 2. The number of nitrogens with zero attached hydrogens (tertiary/aromatic N) is 8. The Balaban J connectivity index is -0.000000780. The molecule has 0 bridgehead atoms. The van der Waals surface area contributed by atoms with Gasteiger partial charge in [-0.15, -0.1) is 0 Å². The average Bonchev–Trinajstić information content (AvgIpc) is 3.78. The molecule has 0 fully saturated rings. The summed E-state index contributed by atoms with van der Waals surface area (Å²) in [7, 11) is 13.8. The van der Waals surface area contributed by atoms with Gasteiger partial charge < -0.3 is 46.1 Å². The van der Waals surface area contributed by atoms with Crippen molar-refractivity contribution in [3.05, 3.63) is 111 Å². The number of rotatable bonds is 7. The second kappa shape index (κ2) is 30.9. The topological polar surface area (TPSA) is 293 Å². The number of nitrogens with two attached hydrogens (primary N) is 1. The number of aromatic nitrogens is 7. The molecule has 7 N–H and O–H groups in total. The van der Waals surface area contributed by atoms with Crippen LogP contribution >= 0.6 is 15.9 Å². The predicted octanol–water partition coefficient (Wildman–Crippen LogP) is 2.12. The Morgan fingerprint density at radius 3 is 1.36 bits per heavy atom. The summed E-state index contributed by atoms with van der Waals surface area (Å²) in [5.41, 5.74) is 7.42. The fourth-order valence-electron chi connectivity index (χ4n) is 4.30. The Kier molecular flexibility index (Phi) is 30.4. The van der Waals surface area contributed by atoms with Crippen LogP contribution in [0, 0.1) is 31.3 Å². The molecule has 0 saturated carbocycles. The van der Waals surface area contributed by atoms with Gasteiger partial charge in [0.2, 0.25) is 0 Å².